The number of fused-ring (bicyclic) bond motifs is 1. The fourth-order valence-electron chi connectivity index (χ4n) is 3.23. The molecule has 1 aliphatic rings. The monoisotopic (exact) mass is 404 g/mol. The average molecular weight is 404 g/mol. The van der Waals surface area contributed by atoms with Crippen LogP contribution in [-0.4, -0.2) is 32.0 Å². The zero-order valence-corrected chi connectivity index (χ0v) is 16.4. The maximum Gasteiger partial charge on any atom is 0.225 e. The first-order chi connectivity index (χ1) is 13.2. The second kappa shape index (κ2) is 7.71. The summed E-state index contributed by atoms with van der Waals surface area (Å²) in [6.07, 6.45) is 0.369. The smallest absolute Gasteiger partial charge is 0.225 e. The predicted molar refractivity (Wildman–Crippen MR) is 104 cm³/mol. The van der Waals surface area contributed by atoms with E-state index in [1.165, 1.54) is 44.2 Å². The van der Waals surface area contributed by atoms with Gasteiger partial charge < -0.3 is 10.2 Å². The molecule has 0 saturated carbocycles. The van der Waals surface area contributed by atoms with E-state index in [9.17, 15) is 22.4 Å². The van der Waals surface area contributed by atoms with Crippen LogP contribution in [0.5, 0.6) is 0 Å². The van der Waals surface area contributed by atoms with Gasteiger partial charge in [0.05, 0.1) is 10.1 Å². The molecule has 0 unspecified atom stereocenters. The van der Waals surface area contributed by atoms with E-state index in [4.69, 9.17) is 0 Å². The third-order valence-corrected chi connectivity index (χ3v) is 6.92. The Labute approximate surface area is 163 Å². The summed E-state index contributed by atoms with van der Waals surface area (Å²) < 4.78 is 38.7. The van der Waals surface area contributed by atoms with Crippen LogP contribution < -0.4 is 10.2 Å². The molecule has 1 heterocycles. The van der Waals surface area contributed by atoms with E-state index in [-0.39, 0.29) is 17.2 Å². The highest BCUT2D eigenvalue weighted by Crippen LogP contribution is 2.31. The fourth-order valence-corrected chi connectivity index (χ4v) is 4.63. The number of benzene rings is 2. The Hall–Kier alpha value is -2.74. The van der Waals surface area contributed by atoms with Gasteiger partial charge in [-0.05, 0) is 61.4 Å². The average Bonchev–Trinajstić information content (AvgIpc) is 3.07. The largest absolute Gasteiger partial charge is 0.326 e. The van der Waals surface area contributed by atoms with Crippen molar-refractivity contribution in [1.82, 2.24) is 0 Å². The van der Waals surface area contributed by atoms with Crippen LogP contribution in [0.25, 0.3) is 0 Å². The normalized spacial score (nSPS) is 14.5. The van der Waals surface area contributed by atoms with Gasteiger partial charge in [-0.2, -0.15) is 0 Å². The molecule has 0 spiro atoms. The van der Waals surface area contributed by atoms with Crippen molar-refractivity contribution in [3.05, 3.63) is 53.8 Å². The molecule has 1 N–H and O–H groups in total. The second-order valence-corrected chi connectivity index (χ2v) is 9.19. The molecule has 1 aliphatic heterocycles. The van der Waals surface area contributed by atoms with E-state index in [0.29, 0.717) is 18.7 Å². The summed E-state index contributed by atoms with van der Waals surface area (Å²) in [5, 5.41) is 1.64. The Morgan fingerprint density at radius 3 is 2.50 bits per heavy atom. The van der Waals surface area contributed by atoms with Crippen LogP contribution in [0.4, 0.5) is 15.8 Å². The van der Waals surface area contributed by atoms with Crippen molar-refractivity contribution >= 4 is 33.0 Å². The van der Waals surface area contributed by atoms with Gasteiger partial charge in [-0.3, -0.25) is 9.59 Å². The molecule has 148 valence electrons. The third kappa shape index (κ3) is 4.06. The van der Waals surface area contributed by atoms with Gasteiger partial charge >= 0.3 is 0 Å². The number of sulfone groups is 1. The molecule has 0 aliphatic carbocycles. The lowest BCUT2D eigenvalue weighted by Gasteiger charge is -2.16. The van der Waals surface area contributed by atoms with Crippen LogP contribution in [0.2, 0.25) is 0 Å². The maximum absolute atomic E-state index is 12.9. The Morgan fingerprint density at radius 2 is 1.86 bits per heavy atom. The number of anilines is 2. The summed E-state index contributed by atoms with van der Waals surface area (Å²) >= 11 is 0. The Bertz CT molecular complexity index is 1020. The molecule has 0 radical (unpaired) electrons. The Morgan fingerprint density at radius 1 is 1.18 bits per heavy atom. The van der Waals surface area contributed by atoms with Crippen molar-refractivity contribution in [2.75, 3.05) is 16.8 Å². The molecule has 0 fully saturated rings. The first-order valence-corrected chi connectivity index (χ1v) is 10.4. The zero-order chi connectivity index (χ0) is 20.5. The van der Waals surface area contributed by atoms with Gasteiger partial charge in [0, 0.05) is 31.3 Å². The van der Waals surface area contributed by atoms with E-state index < -0.39 is 26.8 Å². The highest BCUT2D eigenvalue weighted by molar-refractivity contribution is 7.92. The molecule has 0 bridgehead atoms. The Kier molecular flexibility index (Phi) is 5.51. The quantitative estimate of drug-likeness (QED) is 0.831. The van der Waals surface area contributed by atoms with Gasteiger partial charge in [-0.25, -0.2) is 12.8 Å². The van der Waals surface area contributed by atoms with E-state index in [1.807, 2.05) is 0 Å². The molecule has 8 heteroatoms. The lowest BCUT2D eigenvalue weighted by atomic mass is 10.2. The number of carbonyl (C=O) groups excluding carboxylic acids is 2. The van der Waals surface area contributed by atoms with Crippen molar-refractivity contribution in [1.29, 1.82) is 0 Å². The van der Waals surface area contributed by atoms with Crippen molar-refractivity contribution in [2.45, 2.75) is 36.8 Å². The minimum Gasteiger partial charge on any atom is -0.326 e. The summed E-state index contributed by atoms with van der Waals surface area (Å²) in [6.45, 7) is 3.49. The standard InChI is InChI=1S/C20H21FN2O4S/c1-13(11-20(25)22-17-5-3-16(21)4-6-17)28(26,27)18-7-8-19-15(12-18)9-10-23(19)14(2)24/h3-8,12-13H,9-11H2,1-2H3,(H,22,25)/t13-/m0/s1. The molecule has 0 saturated heterocycles. The minimum absolute atomic E-state index is 0.0832. The summed E-state index contributed by atoms with van der Waals surface area (Å²) in [6, 6.07) is 9.95. The molecule has 0 aromatic heterocycles. The Balaban J connectivity index is 1.72. The molecule has 28 heavy (non-hydrogen) atoms. The topological polar surface area (TPSA) is 83.6 Å². The van der Waals surface area contributed by atoms with Crippen molar-refractivity contribution < 1.29 is 22.4 Å². The first kappa shape index (κ1) is 20.0. The fraction of sp³-hybridized carbons (Fsp3) is 0.300. The summed E-state index contributed by atoms with van der Waals surface area (Å²) in [4.78, 5) is 25.6. The van der Waals surface area contributed by atoms with Gasteiger partial charge in [0.2, 0.25) is 11.8 Å². The number of hydrogen-bond acceptors (Lipinski definition) is 4. The van der Waals surface area contributed by atoms with Crippen LogP contribution in [0.3, 0.4) is 0 Å². The highest BCUT2D eigenvalue weighted by Gasteiger charge is 2.29. The molecule has 6 nitrogen and oxygen atoms in total. The third-order valence-electron chi connectivity index (χ3n) is 4.79. The molecule has 2 amide bonds. The molecular formula is C20H21FN2O4S. The van der Waals surface area contributed by atoms with Gasteiger partial charge in [0.1, 0.15) is 5.82 Å². The second-order valence-electron chi connectivity index (χ2n) is 6.83. The molecular weight excluding hydrogens is 383 g/mol. The highest BCUT2D eigenvalue weighted by atomic mass is 32.2. The molecule has 2 aromatic rings. The number of nitrogens with one attached hydrogen (secondary N) is 1. The maximum atomic E-state index is 12.9. The van der Waals surface area contributed by atoms with Gasteiger partial charge in [0.25, 0.3) is 0 Å². The van der Waals surface area contributed by atoms with Crippen molar-refractivity contribution in [3.63, 3.8) is 0 Å². The summed E-state index contributed by atoms with van der Waals surface area (Å²) in [5.41, 5.74) is 1.94. The minimum atomic E-state index is -3.72. The number of hydrogen-bond donors (Lipinski definition) is 1. The summed E-state index contributed by atoms with van der Waals surface area (Å²) in [7, 11) is -3.72. The van der Waals surface area contributed by atoms with Gasteiger partial charge in [-0.15, -0.1) is 0 Å². The van der Waals surface area contributed by atoms with E-state index in [1.54, 1.807) is 17.0 Å². The van der Waals surface area contributed by atoms with Crippen LogP contribution >= 0.6 is 0 Å². The van der Waals surface area contributed by atoms with Crippen LogP contribution in [-0.2, 0) is 25.8 Å². The van der Waals surface area contributed by atoms with Gasteiger partial charge in [-0.1, -0.05) is 0 Å². The number of rotatable bonds is 5. The van der Waals surface area contributed by atoms with Crippen molar-refractivity contribution in [2.24, 2.45) is 0 Å². The summed E-state index contributed by atoms with van der Waals surface area (Å²) in [5.74, 6) is -0.972. The predicted octanol–water partition coefficient (Wildman–Crippen LogP) is 2.93. The lowest BCUT2D eigenvalue weighted by Crippen LogP contribution is -2.26. The van der Waals surface area contributed by atoms with E-state index in [0.717, 1.165) is 11.3 Å². The lowest BCUT2D eigenvalue weighted by molar-refractivity contribution is -0.117. The van der Waals surface area contributed by atoms with Gasteiger partial charge in [0.15, 0.2) is 9.84 Å². The van der Waals surface area contributed by atoms with E-state index in [2.05, 4.69) is 5.32 Å². The first-order valence-electron chi connectivity index (χ1n) is 8.89. The molecule has 2 aromatic carbocycles. The number of carbonyl (C=O) groups is 2. The number of amides is 2. The molecule has 1 atom stereocenters. The molecule has 3 rings (SSSR count). The number of nitrogens with zero attached hydrogens (tertiary/aromatic N) is 1. The SMILES string of the molecule is CC(=O)N1CCc2cc(S(=O)(=O)[C@@H](C)CC(=O)Nc3ccc(F)cc3)ccc21. The zero-order valence-electron chi connectivity index (χ0n) is 15.6. The van der Waals surface area contributed by atoms with Crippen LogP contribution in [0.1, 0.15) is 25.8 Å². The van der Waals surface area contributed by atoms with Crippen LogP contribution in [0.15, 0.2) is 47.4 Å². The van der Waals surface area contributed by atoms with Crippen LogP contribution in [0, 0.1) is 5.82 Å². The number of halogens is 1. The van der Waals surface area contributed by atoms with E-state index >= 15 is 0 Å². The van der Waals surface area contributed by atoms with Crippen molar-refractivity contribution in [3.8, 4) is 0 Å².